The molecule has 1 rings (SSSR count). The van der Waals surface area contributed by atoms with Crippen LogP contribution >= 0.6 is 12.4 Å². The number of nitrogens with two attached hydrogens (primary N) is 1. The Labute approximate surface area is 144 Å². The van der Waals surface area contributed by atoms with E-state index < -0.39 is 5.54 Å². The standard InChI is InChI=1S/C16H26N2O4.ClH/c1-6-16(7-2,10-17)18-15(19)11-8-12(20-3)14(22-5)13(9-11)21-4;/h8-9H,6-7,10,17H2,1-5H3,(H,18,19);1H. The normalized spacial score (nSPS) is 10.5. The highest BCUT2D eigenvalue weighted by molar-refractivity contribution is 5.96. The summed E-state index contributed by atoms with van der Waals surface area (Å²) >= 11 is 0. The first-order valence-electron chi connectivity index (χ1n) is 7.33. The maximum Gasteiger partial charge on any atom is 0.252 e. The fraction of sp³-hybridized carbons (Fsp3) is 0.562. The minimum atomic E-state index is -0.405. The molecule has 0 unspecified atom stereocenters. The van der Waals surface area contributed by atoms with E-state index in [0.717, 1.165) is 12.8 Å². The topological polar surface area (TPSA) is 82.8 Å². The van der Waals surface area contributed by atoms with Gasteiger partial charge in [-0.3, -0.25) is 4.79 Å². The average molecular weight is 347 g/mol. The van der Waals surface area contributed by atoms with Crippen molar-refractivity contribution in [2.75, 3.05) is 27.9 Å². The van der Waals surface area contributed by atoms with Crippen molar-refractivity contribution in [3.05, 3.63) is 17.7 Å². The van der Waals surface area contributed by atoms with E-state index in [2.05, 4.69) is 5.32 Å². The Morgan fingerprint density at radius 1 is 1.09 bits per heavy atom. The van der Waals surface area contributed by atoms with Gasteiger partial charge in [0.2, 0.25) is 5.75 Å². The molecule has 3 N–H and O–H groups in total. The fourth-order valence-electron chi connectivity index (χ4n) is 2.29. The van der Waals surface area contributed by atoms with Crippen LogP contribution < -0.4 is 25.3 Å². The lowest BCUT2D eigenvalue weighted by Gasteiger charge is -2.31. The molecule has 1 aromatic rings. The highest BCUT2D eigenvalue weighted by Crippen LogP contribution is 2.38. The number of benzene rings is 1. The number of halogens is 1. The number of amides is 1. The molecule has 1 amide bonds. The van der Waals surface area contributed by atoms with Crippen LogP contribution in [0.25, 0.3) is 0 Å². The van der Waals surface area contributed by atoms with Crippen molar-refractivity contribution in [1.82, 2.24) is 5.32 Å². The van der Waals surface area contributed by atoms with Gasteiger partial charge in [0, 0.05) is 12.1 Å². The van der Waals surface area contributed by atoms with Crippen molar-refractivity contribution < 1.29 is 19.0 Å². The molecule has 0 saturated carbocycles. The van der Waals surface area contributed by atoms with Crippen molar-refractivity contribution in [3.63, 3.8) is 0 Å². The maximum absolute atomic E-state index is 12.6. The number of hydrogen-bond acceptors (Lipinski definition) is 5. The summed E-state index contributed by atoms with van der Waals surface area (Å²) < 4.78 is 15.8. The molecular formula is C16H27ClN2O4. The van der Waals surface area contributed by atoms with Gasteiger partial charge in [-0.2, -0.15) is 0 Å². The Morgan fingerprint density at radius 3 is 1.87 bits per heavy atom. The average Bonchev–Trinajstić information content (AvgIpc) is 2.58. The van der Waals surface area contributed by atoms with Gasteiger partial charge < -0.3 is 25.3 Å². The molecule has 0 saturated heterocycles. The molecule has 0 aliphatic rings. The van der Waals surface area contributed by atoms with E-state index in [1.54, 1.807) is 12.1 Å². The van der Waals surface area contributed by atoms with Crippen LogP contribution in [0.3, 0.4) is 0 Å². The van der Waals surface area contributed by atoms with Crippen molar-refractivity contribution in [3.8, 4) is 17.2 Å². The van der Waals surface area contributed by atoms with Crippen LogP contribution in [-0.4, -0.2) is 39.3 Å². The molecule has 0 bridgehead atoms. The summed E-state index contributed by atoms with van der Waals surface area (Å²) in [6.45, 7) is 4.40. The van der Waals surface area contributed by atoms with E-state index in [0.29, 0.717) is 29.4 Å². The summed E-state index contributed by atoms with van der Waals surface area (Å²) in [4.78, 5) is 12.6. The Balaban J connectivity index is 0.00000484. The van der Waals surface area contributed by atoms with Crippen molar-refractivity contribution in [1.29, 1.82) is 0 Å². The molecule has 132 valence electrons. The van der Waals surface area contributed by atoms with Crippen LogP contribution in [-0.2, 0) is 0 Å². The first-order chi connectivity index (χ1) is 10.5. The Hall–Kier alpha value is -1.66. The highest BCUT2D eigenvalue weighted by atomic mass is 35.5. The van der Waals surface area contributed by atoms with Crippen molar-refractivity contribution in [2.45, 2.75) is 32.2 Å². The number of methoxy groups -OCH3 is 3. The molecule has 0 aliphatic heterocycles. The minimum Gasteiger partial charge on any atom is -0.493 e. The minimum absolute atomic E-state index is 0. The van der Waals surface area contributed by atoms with Gasteiger partial charge >= 0.3 is 0 Å². The number of ether oxygens (including phenoxy) is 3. The van der Waals surface area contributed by atoms with E-state index in [9.17, 15) is 4.79 Å². The molecule has 7 heteroatoms. The fourth-order valence-corrected chi connectivity index (χ4v) is 2.29. The zero-order valence-electron chi connectivity index (χ0n) is 14.4. The van der Waals surface area contributed by atoms with Crippen LogP contribution in [0.15, 0.2) is 12.1 Å². The second-order valence-corrected chi connectivity index (χ2v) is 5.06. The molecule has 6 nitrogen and oxygen atoms in total. The Morgan fingerprint density at radius 2 is 1.57 bits per heavy atom. The third-order valence-electron chi connectivity index (χ3n) is 4.05. The summed E-state index contributed by atoms with van der Waals surface area (Å²) in [5, 5.41) is 3.02. The van der Waals surface area contributed by atoms with E-state index in [1.165, 1.54) is 21.3 Å². The van der Waals surface area contributed by atoms with Crippen LogP contribution in [0, 0.1) is 0 Å². The van der Waals surface area contributed by atoms with E-state index in [-0.39, 0.29) is 18.3 Å². The highest BCUT2D eigenvalue weighted by Gasteiger charge is 2.27. The molecule has 23 heavy (non-hydrogen) atoms. The lowest BCUT2D eigenvalue weighted by Crippen LogP contribution is -2.52. The second-order valence-electron chi connectivity index (χ2n) is 5.06. The van der Waals surface area contributed by atoms with E-state index in [1.807, 2.05) is 13.8 Å². The third-order valence-corrected chi connectivity index (χ3v) is 4.05. The molecule has 0 radical (unpaired) electrons. The molecule has 0 aliphatic carbocycles. The van der Waals surface area contributed by atoms with Crippen molar-refractivity contribution >= 4 is 18.3 Å². The van der Waals surface area contributed by atoms with E-state index >= 15 is 0 Å². The maximum atomic E-state index is 12.6. The number of carbonyl (C=O) groups excluding carboxylic acids is 1. The molecule has 0 heterocycles. The zero-order chi connectivity index (χ0) is 16.8. The predicted molar refractivity (Wildman–Crippen MR) is 93.2 cm³/mol. The molecular weight excluding hydrogens is 320 g/mol. The summed E-state index contributed by atoms with van der Waals surface area (Å²) in [6, 6.07) is 3.26. The smallest absolute Gasteiger partial charge is 0.252 e. The number of rotatable bonds is 8. The number of nitrogens with one attached hydrogen (secondary N) is 1. The van der Waals surface area contributed by atoms with Gasteiger partial charge in [0.05, 0.1) is 26.9 Å². The van der Waals surface area contributed by atoms with Gasteiger partial charge in [-0.25, -0.2) is 0 Å². The quantitative estimate of drug-likeness (QED) is 0.755. The number of hydrogen-bond donors (Lipinski definition) is 2. The largest absolute Gasteiger partial charge is 0.493 e. The van der Waals surface area contributed by atoms with Crippen LogP contribution in [0.4, 0.5) is 0 Å². The molecule has 0 fully saturated rings. The summed E-state index contributed by atoms with van der Waals surface area (Å²) in [7, 11) is 4.55. The molecule has 0 spiro atoms. The lowest BCUT2D eigenvalue weighted by molar-refractivity contribution is 0.0894. The molecule has 1 aromatic carbocycles. The molecule has 0 aromatic heterocycles. The van der Waals surface area contributed by atoms with Crippen LogP contribution in [0.2, 0.25) is 0 Å². The third kappa shape index (κ3) is 4.65. The Kier molecular flexibility index (Phi) is 8.79. The van der Waals surface area contributed by atoms with Crippen LogP contribution in [0.1, 0.15) is 37.0 Å². The Bertz CT molecular complexity index is 486. The van der Waals surface area contributed by atoms with Gasteiger partial charge in [-0.1, -0.05) is 13.8 Å². The lowest BCUT2D eigenvalue weighted by atomic mass is 9.92. The number of carbonyl (C=O) groups is 1. The van der Waals surface area contributed by atoms with Gasteiger partial charge in [0.25, 0.3) is 5.91 Å². The van der Waals surface area contributed by atoms with Crippen LogP contribution in [0.5, 0.6) is 17.2 Å². The SMILES string of the molecule is CCC(CC)(CN)NC(=O)c1cc(OC)c(OC)c(OC)c1.Cl. The summed E-state index contributed by atoms with van der Waals surface area (Å²) in [5.41, 5.74) is 5.86. The molecule has 0 atom stereocenters. The van der Waals surface area contributed by atoms with Crippen molar-refractivity contribution in [2.24, 2.45) is 5.73 Å². The summed E-state index contributed by atoms with van der Waals surface area (Å²) in [6.07, 6.45) is 1.52. The predicted octanol–water partition coefficient (Wildman–Crippen LogP) is 2.38. The monoisotopic (exact) mass is 346 g/mol. The van der Waals surface area contributed by atoms with E-state index in [4.69, 9.17) is 19.9 Å². The van der Waals surface area contributed by atoms with Gasteiger partial charge in [-0.15, -0.1) is 12.4 Å². The second kappa shape index (κ2) is 9.47. The first-order valence-corrected chi connectivity index (χ1v) is 7.33. The van der Waals surface area contributed by atoms with Gasteiger partial charge in [0.1, 0.15) is 0 Å². The first kappa shape index (κ1) is 21.3. The summed E-state index contributed by atoms with van der Waals surface area (Å²) in [5.74, 6) is 1.13. The van der Waals surface area contributed by atoms with Gasteiger partial charge in [-0.05, 0) is 25.0 Å². The van der Waals surface area contributed by atoms with Gasteiger partial charge in [0.15, 0.2) is 11.5 Å². The zero-order valence-corrected chi connectivity index (χ0v) is 15.2.